The first-order chi connectivity index (χ1) is 8.74. The summed E-state index contributed by atoms with van der Waals surface area (Å²) in [6, 6.07) is 8.37. The largest absolute Gasteiger partial charge is 0.396 e. The highest BCUT2D eigenvalue weighted by Crippen LogP contribution is 2.21. The van der Waals surface area contributed by atoms with Gasteiger partial charge in [0.2, 0.25) is 0 Å². The zero-order valence-corrected chi connectivity index (χ0v) is 11.0. The van der Waals surface area contributed by atoms with E-state index in [-0.39, 0.29) is 12.5 Å². The molecule has 0 aliphatic heterocycles. The van der Waals surface area contributed by atoms with Gasteiger partial charge in [0, 0.05) is 36.1 Å². The van der Waals surface area contributed by atoms with Crippen molar-refractivity contribution < 1.29 is 5.11 Å². The fraction of sp³-hybridized carbons (Fsp3) is 0.400. The quantitative estimate of drug-likeness (QED) is 0.850. The summed E-state index contributed by atoms with van der Waals surface area (Å²) in [6.45, 7) is 5.14. The summed E-state index contributed by atoms with van der Waals surface area (Å²) in [5, 5.41) is 14.8. The van der Waals surface area contributed by atoms with Crippen LogP contribution in [-0.2, 0) is 6.42 Å². The molecule has 0 bridgehead atoms. The summed E-state index contributed by atoms with van der Waals surface area (Å²) in [6.07, 6.45) is 2.81. The van der Waals surface area contributed by atoms with Crippen LogP contribution in [0.2, 0.25) is 0 Å². The normalized spacial score (nSPS) is 12.6. The van der Waals surface area contributed by atoms with Crippen LogP contribution in [0.25, 0.3) is 10.8 Å². The van der Waals surface area contributed by atoms with E-state index < -0.39 is 0 Å². The van der Waals surface area contributed by atoms with Crippen LogP contribution in [0.3, 0.4) is 0 Å². The van der Waals surface area contributed by atoms with E-state index in [1.54, 1.807) is 0 Å². The molecule has 1 atom stereocenters. The predicted molar refractivity (Wildman–Crippen MR) is 75.9 cm³/mol. The minimum atomic E-state index is 0.213. The average molecular weight is 244 g/mol. The van der Waals surface area contributed by atoms with Gasteiger partial charge in [-0.1, -0.05) is 19.9 Å². The molecule has 0 saturated heterocycles. The molecule has 1 heterocycles. The Hall–Kier alpha value is -1.61. The molecule has 0 aliphatic carbocycles. The Balaban J connectivity index is 2.22. The van der Waals surface area contributed by atoms with Gasteiger partial charge in [0.05, 0.1) is 0 Å². The Morgan fingerprint density at radius 1 is 1.33 bits per heavy atom. The molecule has 1 aromatic heterocycles. The number of rotatable bonds is 5. The van der Waals surface area contributed by atoms with E-state index >= 15 is 0 Å². The van der Waals surface area contributed by atoms with Gasteiger partial charge >= 0.3 is 0 Å². The first-order valence-electron chi connectivity index (χ1n) is 6.47. The van der Waals surface area contributed by atoms with Gasteiger partial charge in [0.25, 0.3) is 0 Å². The lowest BCUT2D eigenvalue weighted by atomic mass is 10.1. The summed E-state index contributed by atoms with van der Waals surface area (Å²) >= 11 is 0. The van der Waals surface area contributed by atoms with E-state index in [9.17, 15) is 0 Å². The number of hydrogen-bond donors (Lipinski definition) is 2. The third kappa shape index (κ3) is 2.79. The lowest BCUT2D eigenvalue weighted by Gasteiger charge is -2.12. The number of aliphatic hydroxyl groups is 1. The number of anilines is 1. The van der Waals surface area contributed by atoms with Crippen molar-refractivity contribution >= 4 is 16.5 Å². The van der Waals surface area contributed by atoms with Gasteiger partial charge < -0.3 is 10.4 Å². The summed E-state index contributed by atoms with van der Waals surface area (Å²) < 4.78 is 0. The number of fused-ring (bicyclic) bond motifs is 1. The van der Waals surface area contributed by atoms with E-state index in [1.807, 2.05) is 19.2 Å². The highest BCUT2D eigenvalue weighted by atomic mass is 16.3. The lowest BCUT2D eigenvalue weighted by molar-refractivity contribution is 0.244. The van der Waals surface area contributed by atoms with Gasteiger partial charge in [0.15, 0.2) is 0 Å². The number of aliphatic hydroxyl groups excluding tert-OH is 1. The van der Waals surface area contributed by atoms with Crippen LogP contribution in [0.15, 0.2) is 30.5 Å². The minimum Gasteiger partial charge on any atom is -0.396 e. The van der Waals surface area contributed by atoms with E-state index in [0.717, 1.165) is 24.3 Å². The molecule has 2 N–H and O–H groups in total. The summed E-state index contributed by atoms with van der Waals surface area (Å²) in [7, 11) is 0. The Kier molecular flexibility index (Phi) is 4.15. The molecule has 0 saturated carbocycles. The van der Waals surface area contributed by atoms with Gasteiger partial charge in [-0.25, -0.2) is 0 Å². The molecule has 1 aromatic carbocycles. The predicted octanol–water partition coefficient (Wildman–Crippen LogP) is 2.84. The summed E-state index contributed by atoms with van der Waals surface area (Å²) in [4.78, 5) is 4.39. The SMILES string of the molecule is CCc1nccc2cc(NC[C@H](C)CO)ccc12. The average Bonchev–Trinajstić information content (AvgIpc) is 2.43. The lowest BCUT2D eigenvalue weighted by Crippen LogP contribution is -2.14. The van der Waals surface area contributed by atoms with Crippen LogP contribution in [-0.4, -0.2) is 23.2 Å². The van der Waals surface area contributed by atoms with Gasteiger partial charge in [0.1, 0.15) is 0 Å². The maximum absolute atomic E-state index is 9.00. The molecule has 0 aliphatic rings. The van der Waals surface area contributed by atoms with Crippen molar-refractivity contribution in [3.63, 3.8) is 0 Å². The van der Waals surface area contributed by atoms with Crippen molar-refractivity contribution in [2.24, 2.45) is 5.92 Å². The van der Waals surface area contributed by atoms with Crippen LogP contribution in [0.1, 0.15) is 19.5 Å². The molecule has 3 heteroatoms. The minimum absolute atomic E-state index is 0.213. The smallest absolute Gasteiger partial charge is 0.0479 e. The Morgan fingerprint density at radius 2 is 2.17 bits per heavy atom. The standard InChI is InChI=1S/C15H20N2O/c1-3-15-14-5-4-13(17-9-11(2)10-18)8-12(14)6-7-16-15/h4-8,11,17-18H,3,9-10H2,1-2H3/t11-/m0/s1. The van der Waals surface area contributed by atoms with Crippen molar-refractivity contribution in [2.45, 2.75) is 20.3 Å². The van der Waals surface area contributed by atoms with Gasteiger partial charge in [-0.3, -0.25) is 4.98 Å². The molecule has 0 spiro atoms. The number of nitrogens with one attached hydrogen (secondary N) is 1. The fourth-order valence-corrected chi connectivity index (χ4v) is 1.99. The zero-order chi connectivity index (χ0) is 13.0. The van der Waals surface area contributed by atoms with Gasteiger partial charge in [-0.05, 0) is 35.9 Å². The number of aryl methyl sites for hydroxylation is 1. The van der Waals surface area contributed by atoms with E-state index in [1.165, 1.54) is 10.8 Å². The van der Waals surface area contributed by atoms with Gasteiger partial charge in [-0.2, -0.15) is 0 Å². The summed E-state index contributed by atoms with van der Waals surface area (Å²) in [5.74, 6) is 0.268. The molecule has 3 nitrogen and oxygen atoms in total. The van der Waals surface area contributed by atoms with E-state index in [2.05, 4.69) is 35.4 Å². The highest BCUT2D eigenvalue weighted by Gasteiger charge is 2.03. The van der Waals surface area contributed by atoms with Crippen molar-refractivity contribution in [3.05, 3.63) is 36.2 Å². The summed E-state index contributed by atoms with van der Waals surface area (Å²) in [5.41, 5.74) is 2.24. The van der Waals surface area contributed by atoms with Crippen molar-refractivity contribution in [1.29, 1.82) is 0 Å². The monoisotopic (exact) mass is 244 g/mol. The second-order valence-corrected chi connectivity index (χ2v) is 4.72. The van der Waals surface area contributed by atoms with Crippen LogP contribution >= 0.6 is 0 Å². The topological polar surface area (TPSA) is 45.2 Å². The van der Waals surface area contributed by atoms with Crippen LogP contribution in [0.5, 0.6) is 0 Å². The molecule has 18 heavy (non-hydrogen) atoms. The van der Waals surface area contributed by atoms with Crippen molar-refractivity contribution in [2.75, 3.05) is 18.5 Å². The molecule has 0 radical (unpaired) electrons. The van der Waals surface area contributed by atoms with Gasteiger partial charge in [-0.15, -0.1) is 0 Å². The van der Waals surface area contributed by atoms with Crippen molar-refractivity contribution in [3.8, 4) is 0 Å². The fourth-order valence-electron chi connectivity index (χ4n) is 1.99. The van der Waals surface area contributed by atoms with E-state index in [4.69, 9.17) is 5.11 Å². The maximum atomic E-state index is 9.00. The third-order valence-electron chi connectivity index (χ3n) is 3.15. The number of benzene rings is 1. The second kappa shape index (κ2) is 5.83. The molecule has 0 amide bonds. The second-order valence-electron chi connectivity index (χ2n) is 4.72. The molecule has 0 fully saturated rings. The molecule has 0 unspecified atom stereocenters. The zero-order valence-electron chi connectivity index (χ0n) is 11.0. The first kappa shape index (κ1) is 12.8. The number of nitrogens with zero attached hydrogens (tertiary/aromatic N) is 1. The van der Waals surface area contributed by atoms with E-state index in [0.29, 0.717) is 0 Å². The van der Waals surface area contributed by atoms with Crippen LogP contribution in [0.4, 0.5) is 5.69 Å². The van der Waals surface area contributed by atoms with Crippen LogP contribution in [0, 0.1) is 5.92 Å². The molecule has 2 aromatic rings. The Bertz CT molecular complexity index is 525. The highest BCUT2D eigenvalue weighted by molar-refractivity contribution is 5.87. The molecular weight excluding hydrogens is 224 g/mol. The third-order valence-corrected chi connectivity index (χ3v) is 3.15. The molecular formula is C15H20N2O. The number of aromatic nitrogens is 1. The Labute approximate surface area is 108 Å². The maximum Gasteiger partial charge on any atom is 0.0479 e. The molecule has 2 rings (SSSR count). The Morgan fingerprint density at radius 3 is 2.89 bits per heavy atom. The number of pyridine rings is 1. The van der Waals surface area contributed by atoms with Crippen molar-refractivity contribution in [1.82, 2.24) is 4.98 Å². The molecule has 96 valence electrons. The van der Waals surface area contributed by atoms with Crippen LogP contribution < -0.4 is 5.32 Å². The number of hydrogen-bond acceptors (Lipinski definition) is 3. The first-order valence-corrected chi connectivity index (χ1v) is 6.47.